The fourth-order valence-electron chi connectivity index (χ4n) is 2.17. The van der Waals surface area contributed by atoms with E-state index >= 15 is 0 Å². The van der Waals surface area contributed by atoms with Gasteiger partial charge >= 0.3 is 0 Å². The molecule has 0 atom stereocenters. The van der Waals surface area contributed by atoms with Crippen molar-refractivity contribution in [3.8, 4) is 5.75 Å². The zero-order valence-corrected chi connectivity index (χ0v) is 13.8. The second-order valence-electron chi connectivity index (χ2n) is 5.09. The van der Waals surface area contributed by atoms with Gasteiger partial charge in [-0.3, -0.25) is 0 Å². The van der Waals surface area contributed by atoms with Crippen LogP contribution >= 0.6 is 0 Å². The van der Waals surface area contributed by atoms with Gasteiger partial charge in [-0.05, 0) is 36.6 Å². The lowest BCUT2D eigenvalue weighted by molar-refractivity contribution is 0.321. The van der Waals surface area contributed by atoms with Crippen LogP contribution < -0.4 is 9.46 Å². The van der Waals surface area contributed by atoms with Gasteiger partial charge in [0.1, 0.15) is 0 Å². The number of ether oxygens (including phenoxy) is 1. The molecule has 1 N–H and O–H groups in total. The van der Waals surface area contributed by atoms with Gasteiger partial charge in [0.2, 0.25) is 10.0 Å². The van der Waals surface area contributed by atoms with E-state index in [-0.39, 0.29) is 18.0 Å². The molecule has 4 nitrogen and oxygen atoms in total. The summed E-state index contributed by atoms with van der Waals surface area (Å²) in [5, 5.41) is 0. The van der Waals surface area contributed by atoms with Crippen molar-refractivity contribution < 1.29 is 17.5 Å². The van der Waals surface area contributed by atoms with E-state index in [0.29, 0.717) is 18.6 Å². The van der Waals surface area contributed by atoms with Crippen LogP contribution in [0.15, 0.2) is 48.5 Å². The molecule has 0 aliphatic heterocycles. The number of halogens is 1. The monoisotopic (exact) mass is 337 g/mol. The normalized spacial score (nSPS) is 11.4. The minimum Gasteiger partial charge on any atom is -0.491 e. The van der Waals surface area contributed by atoms with Crippen LogP contribution in [0.25, 0.3) is 0 Å². The first-order valence-corrected chi connectivity index (χ1v) is 9.08. The third kappa shape index (κ3) is 5.65. The SMILES string of the molecule is CCOc1ccc(CCNS(=O)(=O)Cc2ccccc2)cc1F. The molecule has 0 bridgehead atoms. The van der Waals surface area contributed by atoms with Crippen LogP contribution in [0, 0.1) is 5.82 Å². The van der Waals surface area contributed by atoms with Crippen molar-refractivity contribution in [2.75, 3.05) is 13.2 Å². The minimum atomic E-state index is -3.40. The second kappa shape index (κ2) is 8.08. The smallest absolute Gasteiger partial charge is 0.215 e. The summed E-state index contributed by atoms with van der Waals surface area (Å²) in [6.07, 6.45) is 0.414. The maximum absolute atomic E-state index is 13.7. The van der Waals surface area contributed by atoms with Gasteiger partial charge < -0.3 is 4.74 Å². The highest BCUT2D eigenvalue weighted by Crippen LogP contribution is 2.18. The molecular weight excluding hydrogens is 317 g/mol. The molecule has 0 unspecified atom stereocenters. The molecule has 2 aromatic rings. The summed E-state index contributed by atoms with van der Waals surface area (Å²) >= 11 is 0. The molecule has 124 valence electrons. The Morgan fingerprint density at radius 3 is 2.48 bits per heavy atom. The van der Waals surface area contributed by atoms with Crippen LogP contribution in [0.4, 0.5) is 4.39 Å². The molecule has 2 aromatic carbocycles. The third-order valence-electron chi connectivity index (χ3n) is 3.23. The first kappa shape index (κ1) is 17.4. The van der Waals surface area contributed by atoms with Crippen molar-refractivity contribution in [1.29, 1.82) is 0 Å². The topological polar surface area (TPSA) is 55.4 Å². The Morgan fingerprint density at radius 2 is 1.83 bits per heavy atom. The predicted octanol–water partition coefficient (Wildman–Crippen LogP) is 2.89. The lowest BCUT2D eigenvalue weighted by Crippen LogP contribution is -2.27. The second-order valence-corrected chi connectivity index (χ2v) is 6.89. The van der Waals surface area contributed by atoms with Crippen molar-refractivity contribution in [2.24, 2.45) is 0 Å². The van der Waals surface area contributed by atoms with Gasteiger partial charge in [0, 0.05) is 6.54 Å². The fraction of sp³-hybridized carbons (Fsp3) is 0.294. The molecule has 0 amide bonds. The molecule has 0 fully saturated rings. The predicted molar refractivity (Wildman–Crippen MR) is 88.3 cm³/mol. The number of rotatable bonds is 8. The van der Waals surface area contributed by atoms with Gasteiger partial charge in [-0.2, -0.15) is 0 Å². The summed E-state index contributed by atoms with van der Waals surface area (Å²) in [6, 6.07) is 13.6. The third-order valence-corrected chi connectivity index (χ3v) is 4.59. The summed E-state index contributed by atoms with van der Waals surface area (Å²) < 4.78 is 45.4. The van der Waals surface area contributed by atoms with Gasteiger partial charge in [-0.25, -0.2) is 17.5 Å². The van der Waals surface area contributed by atoms with Crippen LogP contribution in [0.2, 0.25) is 0 Å². The first-order chi connectivity index (χ1) is 11.0. The van der Waals surface area contributed by atoms with Gasteiger partial charge in [0.15, 0.2) is 11.6 Å². The van der Waals surface area contributed by atoms with Gasteiger partial charge in [0.25, 0.3) is 0 Å². The van der Waals surface area contributed by atoms with Gasteiger partial charge in [0.05, 0.1) is 12.4 Å². The maximum Gasteiger partial charge on any atom is 0.215 e. The molecule has 0 saturated carbocycles. The van der Waals surface area contributed by atoms with Crippen LogP contribution in [0.1, 0.15) is 18.1 Å². The van der Waals surface area contributed by atoms with Crippen molar-refractivity contribution in [2.45, 2.75) is 19.1 Å². The number of hydrogen-bond donors (Lipinski definition) is 1. The van der Waals surface area contributed by atoms with Crippen LogP contribution in [0.5, 0.6) is 5.75 Å². The molecule has 23 heavy (non-hydrogen) atoms. The molecule has 0 aliphatic carbocycles. The number of hydrogen-bond acceptors (Lipinski definition) is 3. The Kier molecular flexibility index (Phi) is 6.12. The molecule has 0 aliphatic rings. The maximum atomic E-state index is 13.7. The summed E-state index contributed by atoms with van der Waals surface area (Å²) in [5.41, 5.74) is 1.44. The Bertz CT molecular complexity index is 733. The molecule has 0 heterocycles. The molecule has 0 saturated heterocycles. The van der Waals surface area contributed by atoms with Crippen molar-refractivity contribution in [3.63, 3.8) is 0 Å². The molecule has 2 rings (SSSR count). The molecule has 0 radical (unpaired) electrons. The van der Waals surface area contributed by atoms with Crippen molar-refractivity contribution >= 4 is 10.0 Å². The Hall–Kier alpha value is -1.92. The van der Waals surface area contributed by atoms with E-state index < -0.39 is 15.8 Å². The van der Waals surface area contributed by atoms with Crippen LogP contribution in [-0.4, -0.2) is 21.6 Å². The van der Waals surface area contributed by atoms with Gasteiger partial charge in [-0.1, -0.05) is 36.4 Å². The number of sulfonamides is 1. The molecular formula is C17H20FNO3S. The zero-order chi connectivity index (χ0) is 16.7. The molecule has 6 heteroatoms. The van der Waals surface area contributed by atoms with E-state index in [1.807, 2.05) is 6.07 Å². The summed E-state index contributed by atoms with van der Waals surface area (Å²) in [6.45, 7) is 2.41. The van der Waals surface area contributed by atoms with E-state index in [0.717, 1.165) is 5.56 Å². The van der Waals surface area contributed by atoms with E-state index in [1.165, 1.54) is 6.07 Å². The summed E-state index contributed by atoms with van der Waals surface area (Å²) in [4.78, 5) is 0. The largest absolute Gasteiger partial charge is 0.491 e. The zero-order valence-electron chi connectivity index (χ0n) is 13.0. The molecule has 0 aromatic heterocycles. The molecule has 0 spiro atoms. The number of nitrogens with one attached hydrogen (secondary N) is 1. The van der Waals surface area contributed by atoms with E-state index in [2.05, 4.69) is 4.72 Å². The highest BCUT2D eigenvalue weighted by molar-refractivity contribution is 7.88. The number of benzene rings is 2. The lowest BCUT2D eigenvalue weighted by Gasteiger charge is -2.09. The van der Waals surface area contributed by atoms with Crippen LogP contribution in [0.3, 0.4) is 0 Å². The Labute approximate surface area is 136 Å². The highest BCUT2D eigenvalue weighted by Gasteiger charge is 2.11. The average Bonchev–Trinajstić information content (AvgIpc) is 2.50. The van der Waals surface area contributed by atoms with Gasteiger partial charge in [-0.15, -0.1) is 0 Å². The fourth-order valence-corrected chi connectivity index (χ4v) is 3.31. The quantitative estimate of drug-likeness (QED) is 0.806. The van der Waals surface area contributed by atoms with E-state index in [1.54, 1.807) is 43.3 Å². The Morgan fingerprint density at radius 1 is 1.09 bits per heavy atom. The minimum absolute atomic E-state index is 0.0640. The van der Waals surface area contributed by atoms with E-state index in [4.69, 9.17) is 4.74 Å². The first-order valence-electron chi connectivity index (χ1n) is 7.42. The Balaban J connectivity index is 1.88. The van der Waals surface area contributed by atoms with Crippen LogP contribution in [-0.2, 0) is 22.2 Å². The van der Waals surface area contributed by atoms with Crippen molar-refractivity contribution in [1.82, 2.24) is 4.72 Å². The highest BCUT2D eigenvalue weighted by atomic mass is 32.2. The van der Waals surface area contributed by atoms with Crippen molar-refractivity contribution in [3.05, 3.63) is 65.5 Å². The summed E-state index contributed by atoms with van der Waals surface area (Å²) in [7, 11) is -3.40. The van der Waals surface area contributed by atoms with E-state index in [9.17, 15) is 12.8 Å². The summed E-state index contributed by atoms with van der Waals surface area (Å²) in [5.74, 6) is -0.289. The average molecular weight is 337 g/mol. The standard InChI is InChI=1S/C17H20FNO3S/c1-2-22-17-9-8-14(12-16(17)18)10-11-19-23(20,21)13-15-6-4-3-5-7-15/h3-9,12,19H,2,10-11,13H2,1H3. The lowest BCUT2D eigenvalue weighted by atomic mass is 10.1.